The monoisotopic (exact) mass is 473 g/mol. The molecule has 1 heterocycles. The highest BCUT2D eigenvalue weighted by molar-refractivity contribution is 9.10. The van der Waals surface area contributed by atoms with Gasteiger partial charge < -0.3 is 19.8 Å². The third-order valence-corrected chi connectivity index (χ3v) is 4.93. The number of carbonyl (C=O) groups is 1. The number of nitrogens with zero attached hydrogens (tertiary/aromatic N) is 1. The van der Waals surface area contributed by atoms with E-state index in [9.17, 15) is 13.6 Å². The Bertz CT molecular complexity index is 865. The smallest absolute Gasteiger partial charge is 0.408 e. The van der Waals surface area contributed by atoms with Gasteiger partial charge in [-0.3, -0.25) is 0 Å². The van der Waals surface area contributed by atoms with Crippen LogP contribution < -0.4 is 10.1 Å². The van der Waals surface area contributed by atoms with E-state index >= 15 is 0 Å². The number of benzene rings is 1. The molecule has 9 heteroatoms. The fourth-order valence-electron chi connectivity index (χ4n) is 2.63. The quantitative estimate of drug-likeness (QED) is 0.552. The zero-order valence-electron chi connectivity index (χ0n) is 17.3. The molecule has 1 aromatic heterocycles. The van der Waals surface area contributed by atoms with Gasteiger partial charge in [-0.2, -0.15) is 8.78 Å². The van der Waals surface area contributed by atoms with E-state index in [0.717, 1.165) is 0 Å². The van der Waals surface area contributed by atoms with Gasteiger partial charge in [0.1, 0.15) is 22.7 Å². The van der Waals surface area contributed by atoms with Crippen LogP contribution in [-0.4, -0.2) is 28.3 Å². The van der Waals surface area contributed by atoms with Gasteiger partial charge in [0.2, 0.25) is 0 Å². The van der Waals surface area contributed by atoms with Crippen LogP contribution in [0.25, 0.3) is 11.3 Å². The molecular weight excluding hydrogens is 448 g/mol. The number of aromatic amines is 1. The third kappa shape index (κ3) is 5.91. The van der Waals surface area contributed by atoms with Gasteiger partial charge in [-0.15, -0.1) is 0 Å². The van der Waals surface area contributed by atoms with E-state index in [0.29, 0.717) is 21.6 Å². The van der Waals surface area contributed by atoms with Crippen molar-refractivity contribution >= 4 is 22.0 Å². The highest BCUT2D eigenvalue weighted by Gasteiger charge is 2.37. The normalized spacial score (nSPS) is 14.0. The standard InChI is InChI=1S/C20H26BrF2N3O3/c1-11(2)20(6,26-18(27)29-19(3,4)5)16-24-10-14(25-16)13-8-7-12(21)9-15(13)28-17(22)23/h7-11,17H,1-6H3,(H,24,25)(H,26,27)/t20-/m0/s1. The molecule has 0 spiro atoms. The van der Waals surface area contributed by atoms with E-state index in [4.69, 9.17) is 4.74 Å². The maximum atomic E-state index is 12.8. The van der Waals surface area contributed by atoms with Crippen LogP contribution in [-0.2, 0) is 10.3 Å². The van der Waals surface area contributed by atoms with Crippen molar-refractivity contribution < 1.29 is 23.0 Å². The molecule has 1 amide bonds. The Morgan fingerprint density at radius 1 is 1.24 bits per heavy atom. The Kier molecular flexibility index (Phi) is 6.93. The van der Waals surface area contributed by atoms with Gasteiger partial charge in [0, 0.05) is 10.0 Å². The van der Waals surface area contributed by atoms with Crippen LogP contribution in [0, 0.1) is 5.92 Å². The van der Waals surface area contributed by atoms with Crippen LogP contribution in [0.1, 0.15) is 47.4 Å². The number of H-pyrrole nitrogens is 1. The predicted molar refractivity (Wildman–Crippen MR) is 110 cm³/mol. The summed E-state index contributed by atoms with van der Waals surface area (Å²) < 4.78 is 36.2. The first-order valence-electron chi connectivity index (χ1n) is 9.13. The lowest BCUT2D eigenvalue weighted by Crippen LogP contribution is -2.49. The summed E-state index contributed by atoms with van der Waals surface area (Å²) in [5, 5.41) is 2.87. The molecule has 0 bridgehead atoms. The molecule has 0 fully saturated rings. The number of hydrogen-bond donors (Lipinski definition) is 2. The van der Waals surface area contributed by atoms with Crippen molar-refractivity contribution in [2.24, 2.45) is 5.92 Å². The Morgan fingerprint density at radius 2 is 1.90 bits per heavy atom. The number of nitrogens with one attached hydrogen (secondary N) is 2. The molecule has 2 aromatic rings. The average Bonchev–Trinajstić information content (AvgIpc) is 3.02. The van der Waals surface area contributed by atoms with Crippen molar-refractivity contribution in [3.8, 4) is 17.0 Å². The van der Waals surface area contributed by atoms with Crippen LogP contribution in [0.4, 0.5) is 13.6 Å². The second kappa shape index (κ2) is 8.69. The second-order valence-electron chi connectivity index (χ2n) is 8.15. The van der Waals surface area contributed by atoms with Gasteiger partial charge in [-0.25, -0.2) is 9.78 Å². The third-order valence-electron chi connectivity index (χ3n) is 4.43. The van der Waals surface area contributed by atoms with Crippen molar-refractivity contribution in [1.29, 1.82) is 0 Å². The number of carbonyl (C=O) groups excluding carboxylic acids is 1. The van der Waals surface area contributed by atoms with Crippen molar-refractivity contribution in [3.05, 3.63) is 34.7 Å². The minimum atomic E-state index is -2.96. The summed E-state index contributed by atoms with van der Waals surface area (Å²) in [4.78, 5) is 19.9. The zero-order valence-corrected chi connectivity index (χ0v) is 18.9. The maximum absolute atomic E-state index is 12.8. The van der Waals surface area contributed by atoms with Crippen molar-refractivity contribution in [2.75, 3.05) is 0 Å². The topological polar surface area (TPSA) is 76.2 Å². The Morgan fingerprint density at radius 3 is 2.45 bits per heavy atom. The van der Waals surface area contributed by atoms with Gasteiger partial charge >= 0.3 is 12.7 Å². The first-order valence-corrected chi connectivity index (χ1v) is 9.92. The van der Waals surface area contributed by atoms with Crippen LogP contribution in [0.3, 0.4) is 0 Å². The second-order valence-corrected chi connectivity index (χ2v) is 9.06. The molecule has 0 aliphatic heterocycles. The zero-order chi connectivity index (χ0) is 22.0. The number of ether oxygens (including phenoxy) is 2. The summed E-state index contributed by atoms with van der Waals surface area (Å²) in [5.74, 6) is 0.436. The molecule has 6 nitrogen and oxygen atoms in total. The van der Waals surface area contributed by atoms with E-state index in [1.807, 2.05) is 20.8 Å². The number of hydrogen-bond acceptors (Lipinski definition) is 4. The molecule has 1 aromatic carbocycles. The number of imidazole rings is 1. The summed E-state index contributed by atoms with van der Waals surface area (Å²) >= 11 is 3.25. The highest BCUT2D eigenvalue weighted by atomic mass is 79.9. The Balaban J connectivity index is 2.39. The van der Waals surface area contributed by atoms with Gasteiger partial charge in [0.25, 0.3) is 0 Å². The van der Waals surface area contributed by atoms with E-state index in [1.165, 1.54) is 12.3 Å². The minimum Gasteiger partial charge on any atom is -0.444 e. The van der Waals surface area contributed by atoms with Crippen molar-refractivity contribution in [1.82, 2.24) is 15.3 Å². The number of rotatable bonds is 6. The Labute approximate surface area is 177 Å². The van der Waals surface area contributed by atoms with Crippen molar-refractivity contribution in [2.45, 2.75) is 59.3 Å². The molecule has 0 unspecified atom stereocenters. The summed E-state index contributed by atoms with van der Waals surface area (Å²) in [6.07, 6.45) is 0.950. The largest absolute Gasteiger partial charge is 0.444 e. The predicted octanol–water partition coefficient (Wildman–Crippen LogP) is 5.84. The highest BCUT2D eigenvalue weighted by Crippen LogP contribution is 2.35. The summed E-state index contributed by atoms with van der Waals surface area (Å²) in [6.45, 7) is 8.07. The van der Waals surface area contributed by atoms with E-state index in [1.54, 1.807) is 32.9 Å². The summed E-state index contributed by atoms with van der Waals surface area (Å²) in [7, 11) is 0. The fourth-order valence-corrected chi connectivity index (χ4v) is 2.97. The van der Waals surface area contributed by atoms with Gasteiger partial charge in [-0.05, 0) is 51.8 Å². The minimum absolute atomic E-state index is 0.0101. The molecule has 0 saturated carbocycles. The maximum Gasteiger partial charge on any atom is 0.408 e. The lowest BCUT2D eigenvalue weighted by Gasteiger charge is -2.33. The lowest BCUT2D eigenvalue weighted by molar-refractivity contribution is -0.0495. The first-order chi connectivity index (χ1) is 13.3. The van der Waals surface area contributed by atoms with E-state index in [-0.39, 0.29) is 11.7 Å². The van der Waals surface area contributed by atoms with Gasteiger partial charge in [0.15, 0.2) is 0 Å². The molecular formula is C20H26BrF2N3O3. The molecule has 0 saturated heterocycles. The molecule has 160 valence electrons. The molecule has 2 rings (SSSR count). The summed E-state index contributed by atoms with van der Waals surface area (Å²) in [5.41, 5.74) is -0.605. The van der Waals surface area contributed by atoms with Crippen LogP contribution in [0.2, 0.25) is 0 Å². The van der Waals surface area contributed by atoms with Gasteiger partial charge in [0.05, 0.1) is 11.9 Å². The van der Waals surface area contributed by atoms with E-state index < -0.39 is 23.8 Å². The Hall–Kier alpha value is -2.16. The molecule has 0 radical (unpaired) electrons. The lowest BCUT2D eigenvalue weighted by atomic mass is 9.88. The van der Waals surface area contributed by atoms with Crippen LogP contribution in [0.15, 0.2) is 28.9 Å². The molecule has 2 N–H and O–H groups in total. The molecule has 29 heavy (non-hydrogen) atoms. The summed E-state index contributed by atoms with van der Waals surface area (Å²) in [6, 6.07) is 4.82. The van der Waals surface area contributed by atoms with Crippen LogP contribution >= 0.6 is 15.9 Å². The molecule has 0 aliphatic carbocycles. The van der Waals surface area contributed by atoms with Gasteiger partial charge in [-0.1, -0.05) is 29.8 Å². The first kappa shape index (κ1) is 23.1. The van der Waals surface area contributed by atoms with Crippen molar-refractivity contribution in [3.63, 3.8) is 0 Å². The SMILES string of the molecule is CC(C)[C@](C)(NC(=O)OC(C)(C)C)c1ncc(-c2ccc(Br)cc2OC(F)F)[nH]1. The number of halogens is 3. The molecule has 0 aliphatic rings. The molecule has 1 atom stereocenters. The van der Waals surface area contributed by atoms with Crippen LogP contribution in [0.5, 0.6) is 5.75 Å². The number of alkyl carbamates (subject to hydrolysis) is 1. The number of alkyl halides is 2. The number of amides is 1. The fraction of sp³-hybridized carbons (Fsp3) is 0.500. The number of aromatic nitrogens is 2. The average molecular weight is 474 g/mol. The van der Waals surface area contributed by atoms with E-state index in [2.05, 4.69) is 36.0 Å².